The molecule has 2 aromatic rings. The molecule has 0 aromatic heterocycles. The molecule has 166 valence electrons. The Balaban J connectivity index is 1.36. The van der Waals surface area contributed by atoms with Crippen LogP contribution in [0.25, 0.3) is 0 Å². The number of halogens is 1. The topological polar surface area (TPSA) is 54.0 Å². The minimum atomic E-state index is -0.504. The molecule has 0 bridgehead atoms. The highest BCUT2D eigenvalue weighted by Gasteiger charge is 2.29. The van der Waals surface area contributed by atoms with Gasteiger partial charge in [0.25, 0.3) is 5.91 Å². The molecule has 2 heterocycles. The minimum Gasteiger partial charge on any atom is -0.379 e. The van der Waals surface area contributed by atoms with Crippen molar-refractivity contribution >= 4 is 5.91 Å². The number of nitrogens with zero attached hydrogens (tertiary/aromatic N) is 2. The van der Waals surface area contributed by atoms with Crippen molar-refractivity contribution in [1.82, 2.24) is 15.1 Å². The fraction of sp³-hybridized carbons (Fsp3) is 0.458. The molecule has 0 saturated carbocycles. The second-order valence-corrected chi connectivity index (χ2v) is 8.04. The molecule has 6 nitrogen and oxygen atoms in total. The van der Waals surface area contributed by atoms with Gasteiger partial charge in [-0.25, -0.2) is 4.39 Å². The zero-order chi connectivity index (χ0) is 21.5. The number of rotatable bonds is 7. The van der Waals surface area contributed by atoms with E-state index in [9.17, 15) is 9.18 Å². The van der Waals surface area contributed by atoms with E-state index in [0.717, 1.165) is 31.7 Å². The lowest BCUT2D eigenvalue weighted by Gasteiger charge is -2.36. The van der Waals surface area contributed by atoms with Gasteiger partial charge in [0.1, 0.15) is 11.9 Å². The molecule has 31 heavy (non-hydrogen) atoms. The maximum Gasteiger partial charge on any atom is 0.250 e. The highest BCUT2D eigenvalue weighted by molar-refractivity contribution is 5.81. The van der Waals surface area contributed by atoms with Gasteiger partial charge in [0.2, 0.25) is 0 Å². The van der Waals surface area contributed by atoms with Crippen LogP contribution < -0.4 is 5.32 Å². The van der Waals surface area contributed by atoms with Gasteiger partial charge in [-0.3, -0.25) is 14.6 Å². The predicted molar refractivity (Wildman–Crippen MR) is 116 cm³/mol. The van der Waals surface area contributed by atoms with E-state index in [2.05, 4.69) is 27.2 Å². The summed E-state index contributed by atoms with van der Waals surface area (Å²) in [7, 11) is 0. The number of benzene rings is 2. The summed E-state index contributed by atoms with van der Waals surface area (Å²) >= 11 is 0. The van der Waals surface area contributed by atoms with Crippen LogP contribution in [0.5, 0.6) is 0 Å². The van der Waals surface area contributed by atoms with Gasteiger partial charge in [0.05, 0.1) is 25.9 Å². The summed E-state index contributed by atoms with van der Waals surface area (Å²) in [4.78, 5) is 17.4. The Hall–Kier alpha value is -2.32. The molecule has 2 saturated heterocycles. The summed E-state index contributed by atoms with van der Waals surface area (Å²) in [6.07, 6.45) is -0.504. The summed E-state index contributed by atoms with van der Waals surface area (Å²) in [6, 6.07) is 16.7. The van der Waals surface area contributed by atoms with Crippen LogP contribution in [0.1, 0.15) is 17.2 Å². The average Bonchev–Trinajstić information content (AvgIpc) is 2.81. The Morgan fingerprint density at radius 1 is 1.06 bits per heavy atom. The fourth-order valence-electron chi connectivity index (χ4n) is 4.22. The Labute approximate surface area is 182 Å². The zero-order valence-corrected chi connectivity index (χ0v) is 17.7. The second kappa shape index (κ2) is 10.8. The third kappa shape index (κ3) is 6.11. The van der Waals surface area contributed by atoms with Gasteiger partial charge < -0.3 is 14.8 Å². The maximum absolute atomic E-state index is 13.9. The van der Waals surface area contributed by atoms with E-state index in [0.29, 0.717) is 32.9 Å². The summed E-state index contributed by atoms with van der Waals surface area (Å²) in [6.45, 7) is 5.88. The van der Waals surface area contributed by atoms with Gasteiger partial charge >= 0.3 is 0 Å². The Morgan fingerprint density at radius 3 is 2.65 bits per heavy atom. The molecule has 4 rings (SSSR count). The van der Waals surface area contributed by atoms with Gasteiger partial charge in [-0.15, -0.1) is 0 Å². The number of hydrogen-bond acceptors (Lipinski definition) is 5. The van der Waals surface area contributed by atoms with Crippen molar-refractivity contribution in [3.8, 4) is 0 Å². The van der Waals surface area contributed by atoms with E-state index >= 15 is 0 Å². The summed E-state index contributed by atoms with van der Waals surface area (Å²) in [5.74, 6) is -0.387. The third-order valence-electron chi connectivity index (χ3n) is 5.88. The first-order valence-corrected chi connectivity index (χ1v) is 10.9. The van der Waals surface area contributed by atoms with Crippen LogP contribution in [-0.4, -0.2) is 74.4 Å². The zero-order valence-electron chi connectivity index (χ0n) is 17.7. The molecule has 0 spiro atoms. The lowest BCUT2D eigenvalue weighted by molar-refractivity contribution is -0.139. The van der Waals surface area contributed by atoms with E-state index in [1.54, 1.807) is 12.1 Å². The number of carbonyl (C=O) groups excluding carboxylic acids is 1. The SMILES string of the molecule is O=C(NCC(c1cccc(F)c1)N1CCOCC1)C1CN(Cc2ccccc2)CCO1. The first kappa shape index (κ1) is 21.9. The number of carbonyl (C=O) groups is 1. The molecule has 2 aromatic carbocycles. The van der Waals surface area contributed by atoms with Gasteiger partial charge in [-0.05, 0) is 23.3 Å². The predicted octanol–water partition coefficient (Wildman–Crippen LogP) is 2.22. The Bertz CT molecular complexity index is 845. The summed E-state index contributed by atoms with van der Waals surface area (Å²) in [5, 5.41) is 3.06. The van der Waals surface area contributed by atoms with Crippen molar-refractivity contribution in [3.05, 3.63) is 71.5 Å². The molecule has 2 fully saturated rings. The standard InChI is InChI=1S/C24H30FN3O3/c25-21-8-4-7-20(15-21)22(28-10-12-30-13-11-28)16-26-24(29)23-18-27(9-14-31-23)17-19-5-2-1-3-6-19/h1-8,15,22-23H,9-14,16-18H2,(H,26,29). The van der Waals surface area contributed by atoms with E-state index in [4.69, 9.17) is 9.47 Å². The number of morpholine rings is 2. The highest BCUT2D eigenvalue weighted by atomic mass is 19.1. The molecule has 1 amide bonds. The molecule has 0 aliphatic carbocycles. The molecule has 1 N–H and O–H groups in total. The Kier molecular flexibility index (Phi) is 7.64. The van der Waals surface area contributed by atoms with Crippen LogP contribution in [-0.2, 0) is 20.8 Å². The molecule has 2 aliphatic rings. The third-order valence-corrected chi connectivity index (χ3v) is 5.88. The average molecular weight is 428 g/mol. The van der Waals surface area contributed by atoms with Gasteiger partial charge in [0.15, 0.2) is 0 Å². The molecule has 7 heteroatoms. The van der Waals surface area contributed by atoms with Gasteiger partial charge in [0, 0.05) is 39.3 Å². The molecular formula is C24H30FN3O3. The number of ether oxygens (including phenoxy) is 2. The van der Waals surface area contributed by atoms with Crippen LogP contribution in [0.2, 0.25) is 0 Å². The maximum atomic E-state index is 13.9. The smallest absolute Gasteiger partial charge is 0.250 e. The molecular weight excluding hydrogens is 397 g/mol. The first-order valence-electron chi connectivity index (χ1n) is 10.9. The van der Waals surface area contributed by atoms with Crippen molar-refractivity contribution in [2.24, 2.45) is 0 Å². The Morgan fingerprint density at radius 2 is 1.87 bits per heavy atom. The largest absolute Gasteiger partial charge is 0.379 e. The lowest BCUT2D eigenvalue weighted by atomic mass is 10.0. The number of amides is 1. The van der Waals surface area contributed by atoms with Crippen molar-refractivity contribution in [2.45, 2.75) is 18.7 Å². The van der Waals surface area contributed by atoms with Crippen molar-refractivity contribution in [1.29, 1.82) is 0 Å². The van der Waals surface area contributed by atoms with Crippen molar-refractivity contribution < 1.29 is 18.7 Å². The van der Waals surface area contributed by atoms with Gasteiger partial charge in [-0.2, -0.15) is 0 Å². The quantitative estimate of drug-likeness (QED) is 0.735. The van der Waals surface area contributed by atoms with E-state index in [1.165, 1.54) is 11.6 Å². The lowest BCUT2D eigenvalue weighted by Crippen LogP contribution is -2.51. The van der Waals surface area contributed by atoms with Gasteiger partial charge in [-0.1, -0.05) is 42.5 Å². The van der Waals surface area contributed by atoms with Crippen LogP contribution >= 0.6 is 0 Å². The summed E-state index contributed by atoms with van der Waals surface area (Å²) < 4.78 is 25.1. The number of hydrogen-bond donors (Lipinski definition) is 1. The number of nitrogens with one attached hydrogen (secondary N) is 1. The van der Waals surface area contributed by atoms with Crippen molar-refractivity contribution in [2.75, 3.05) is 52.5 Å². The van der Waals surface area contributed by atoms with E-state index in [-0.39, 0.29) is 17.8 Å². The highest BCUT2D eigenvalue weighted by Crippen LogP contribution is 2.22. The molecule has 0 radical (unpaired) electrons. The monoisotopic (exact) mass is 427 g/mol. The van der Waals surface area contributed by atoms with Crippen LogP contribution in [0.4, 0.5) is 4.39 Å². The minimum absolute atomic E-state index is 0.104. The second-order valence-electron chi connectivity index (χ2n) is 8.04. The van der Waals surface area contributed by atoms with E-state index < -0.39 is 6.10 Å². The van der Waals surface area contributed by atoms with E-state index in [1.807, 2.05) is 24.3 Å². The molecule has 2 unspecified atom stereocenters. The molecule has 2 atom stereocenters. The fourth-order valence-corrected chi connectivity index (χ4v) is 4.22. The van der Waals surface area contributed by atoms with Crippen LogP contribution in [0, 0.1) is 5.82 Å². The van der Waals surface area contributed by atoms with Crippen LogP contribution in [0.3, 0.4) is 0 Å². The van der Waals surface area contributed by atoms with Crippen LogP contribution in [0.15, 0.2) is 54.6 Å². The van der Waals surface area contributed by atoms with Crippen molar-refractivity contribution in [3.63, 3.8) is 0 Å². The normalized spacial score (nSPS) is 21.5. The summed E-state index contributed by atoms with van der Waals surface area (Å²) in [5.41, 5.74) is 2.08. The molecule has 2 aliphatic heterocycles. The first-order chi connectivity index (χ1) is 15.2.